The Morgan fingerprint density at radius 1 is 0.966 bits per heavy atom. The van der Waals surface area contributed by atoms with Gasteiger partial charge in [0.1, 0.15) is 0 Å². The fraction of sp³-hybridized carbons (Fsp3) is 0.250. The Bertz CT molecular complexity index is 1050. The highest BCUT2D eigenvalue weighted by molar-refractivity contribution is 5.93. The summed E-state index contributed by atoms with van der Waals surface area (Å²) in [7, 11) is 0. The Morgan fingerprint density at radius 2 is 1.66 bits per heavy atom. The van der Waals surface area contributed by atoms with Crippen molar-refractivity contribution in [2.24, 2.45) is 0 Å². The topological polar surface area (TPSA) is 51.5 Å². The molecule has 1 aliphatic heterocycles. The normalized spacial score (nSPS) is 13.1. The molecule has 5 heteroatoms. The summed E-state index contributed by atoms with van der Waals surface area (Å²) in [6.07, 6.45) is 0.827. The number of aromatic nitrogens is 1. The molecule has 0 atom stereocenters. The predicted octanol–water partition coefficient (Wildman–Crippen LogP) is 3.84. The zero-order valence-corrected chi connectivity index (χ0v) is 16.7. The maximum absolute atomic E-state index is 12.6. The molecule has 4 rings (SSSR count). The minimum atomic E-state index is -0.467. The van der Waals surface area contributed by atoms with Gasteiger partial charge in [-0.25, -0.2) is 4.79 Å². The fourth-order valence-corrected chi connectivity index (χ4v) is 3.95. The van der Waals surface area contributed by atoms with Gasteiger partial charge in [0.05, 0.1) is 5.56 Å². The lowest BCUT2D eigenvalue weighted by Gasteiger charge is -2.28. The SMILES string of the molecule is Cc1cc(C(=O)OCC(=O)N2CCc3ccccc3C2)c(C)n1-c1ccccc1. The number of ether oxygens (including phenoxy) is 1. The van der Waals surface area contributed by atoms with Crippen molar-refractivity contribution in [2.75, 3.05) is 13.2 Å². The van der Waals surface area contributed by atoms with Crippen LogP contribution in [0.4, 0.5) is 0 Å². The molecule has 3 aromatic rings. The molecule has 2 heterocycles. The maximum atomic E-state index is 12.6. The minimum Gasteiger partial charge on any atom is -0.452 e. The quantitative estimate of drug-likeness (QED) is 0.638. The van der Waals surface area contributed by atoms with E-state index >= 15 is 0 Å². The smallest absolute Gasteiger partial charge is 0.340 e. The third kappa shape index (κ3) is 3.81. The Balaban J connectivity index is 1.42. The molecule has 0 bridgehead atoms. The summed E-state index contributed by atoms with van der Waals surface area (Å²) in [6.45, 7) is 4.81. The van der Waals surface area contributed by atoms with Crippen LogP contribution in [0.5, 0.6) is 0 Å². The molecule has 0 spiro atoms. The van der Waals surface area contributed by atoms with Crippen molar-refractivity contribution < 1.29 is 14.3 Å². The van der Waals surface area contributed by atoms with E-state index < -0.39 is 5.97 Å². The Hall–Kier alpha value is -3.34. The van der Waals surface area contributed by atoms with Crippen LogP contribution in [-0.2, 0) is 22.5 Å². The first-order valence-corrected chi connectivity index (χ1v) is 9.80. The van der Waals surface area contributed by atoms with Gasteiger partial charge in [-0.1, -0.05) is 42.5 Å². The van der Waals surface area contributed by atoms with Gasteiger partial charge in [-0.15, -0.1) is 0 Å². The van der Waals surface area contributed by atoms with E-state index in [0.717, 1.165) is 29.1 Å². The van der Waals surface area contributed by atoms with Crippen LogP contribution in [0.25, 0.3) is 5.69 Å². The molecule has 0 saturated carbocycles. The molecule has 1 amide bonds. The van der Waals surface area contributed by atoms with E-state index in [2.05, 4.69) is 6.07 Å². The molecule has 0 saturated heterocycles. The average molecular weight is 388 g/mol. The molecule has 0 aliphatic carbocycles. The maximum Gasteiger partial charge on any atom is 0.340 e. The van der Waals surface area contributed by atoms with E-state index in [1.54, 1.807) is 4.90 Å². The first kappa shape index (κ1) is 19.0. The first-order valence-electron chi connectivity index (χ1n) is 9.80. The van der Waals surface area contributed by atoms with E-state index in [-0.39, 0.29) is 12.5 Å². The van der Waals surface area contributed by atoms with E-state index in [9.17, 15) is 9.59 Å². The number of aryl methyl sites for hydroxylation is 1. The molecule has 0 N–H and O–H groups in total. The number of carbonyl (C=O) groups is 2. The van der Waals surface area contributed by atoms with Gasteiger partial charge in [0, 0.05) is 30.2 Å². The highest BCUT2D eigenvalue weighted by Crippen LogP contribution is 2.22. The number of nitrogens with zero attached hydrogens (tertiary/aromatic N) is 2. The highest BCUT2D eigenvalue weighted by Gasteiger charge is 2.23. The molecule has 0 unspecified atom stereocenters. The van der Waals surface area contributed by atoms with Gasteiger partial charge in [-0.05, 0) is 49.6 Å². The number of hydrogen-bond acceptors (Lipinski definition) is 3. The van der Waals surface area contributed by atoms with Crippen LogP contribution in [0.1, 0.15) is 32.9 Å². The van der Waals surface area contributed by atoms with Gasteiger partial charge >= 0.3 is 5.97 Å². The van der Waals surface area contributed by atoms with Crippen LogP contribution < -0.4 is 0 Å². The van der Waals surface area contributed by atoms with Crippen LogP contribution in [-0.4, -0.2) is 34.5 Å². The van der Waals surface area contributed by atoms with Gasteiger partial charge in [0.2, 0.25) is 0 Å². The van der Waals surface area contributed by atoms with E-state index in [0.29, 0.717) is 18.7 Å². The highest BCUT2D eigenvalue weighted by atomic mass is 16.5. The second-order valence-corrected chi connectivity index (χ2v) is 7.37. The number of para-hydroxylation sites is 1. The van der Waals surface area contributed by atoms with Crippen LogP contribution in [0.3, 0.4) is 0 Å². The summed E-state index contributed by atoms with van der Waals surface area (Å²) < 4.78 is 7.39. The first-order chi connectivity index (χ1) is 14.0. The van der Waals surface area contributed by atoms with Gasteiger partial charge in [0.25, 0.3) is 5.91 Å². The summed E-state index contributed by atoms with van der Waals surface area (Å²) in [5.41, 5.74) is 5.66. The summed E-state index contributed by atoms with van der Waals surface area (Å²) in [6, 6.07) is 19.8. The van der Waals surface area contributed by atoms with Crippen molar-refractivity contribution in [1.82, 2.24) is 9.47 Å². The second-order valence-electron chi connectivity index (χ2n) is 7.37. The molecule has 0 radical (unpaired) electrons. The van der Waals surface area contributed by atoms with Crippen molar-refractivity contribution in [1.29, 1.82) is 0 Å². The zero-order valence-electron chi connectivity index (χ0n) is 16.7. The molecule has 148 valence electrons. The van der Waals surface area contributed by atoms with Crippen molar-refractivity contribution in [3.8, 4) is 5.69 Å². The number of benzene rings is 2. The molecule has 1 aromatic heterocycles. The number of esters is 1. The van der Waals surface area contributed by atoms with Gasteiger partial charge in [-0.2, -0.15) is 0 Å². The Labute approximate surface area is 170 Å². The lowest BCUT2D eigenvalue weighted by atomic mass is 10.00. The number of amides is 1. The van der Waals surface area contributed by atoms with Crippen molar-refractivity contribution in [3.63, 3.8) is 0 Å². The van der Waals surface area contributed by atoms with Crippen molar-refractivity contribution >= 4 is 11.9 Å². The third-order valence-corrected chi connectivity index (χ3v) is 5.48. The monoisotopic (exact) mass is 388 g/mol. The lowest BCUT2D eigenvalue weighted by molar-refractivity contribution is -0.135. The minimum absolute atomic E-state index is 0.162. The summed E-state index contributed by atoms with van der Waals surface area (Å²) in [5.74, 6) is -0.629. The molecule has 2 aromatic carbocycles. The van der Waals surface area contributed by atoms with Crippen molar-refractivity contribution in [2.45, 2.75) is 26.8 Å². The van der Waals surface area contributed by atoms with Gasteiger partial charge in [0.15, 0.2) is 6.61 Å². The average Bonchev–Trinajstić information content (AvgIpc) is 3.06. The molecular formula is C24H24N2O3. The van der Waals surface area contributed by atoms with Crippen LogP contribution in [0, 0.1) is 13.8 Å². The molecule has 29 heavy (non-hydrogen) atoms. The Kier molecular flexibility index (Phi) is 5.21. The molecule has 0 fully saturated rings. The molecule has 5 nitrogen and oxygen atoms in total. The number of fused-ring (bicyclic) bond motifs is 1. The lowest BCUT2D eigenvalue weighted by Crippen LogP contribution is -2.38. The second kappa shape index (κ2) is 7.95. The summed E-state index contributed by atoms with van der Waals surface area (Å²) in [5, 5.41) is 0. The summed E-state index contributed by atoms with van der Waals surface area (Å²) in [4.78, 5) is 27.0. The number of rotatable bonds is 4. The van der Waals surface area contributed by atoms with E-state index in [1.807, 2.05) is 73.0 Å². The van der Waals surface area contributed by atoms with E-state index in [1.165, 1.54) is 5.56 Å². The molecule has 1 aliphatic rings. The van der Waals surface area contributed by atoms with Gasteiger partial charge < -0.3 is 14.2 Å². The van der Waals surface area contributed by atoms with Crippen molar-refractivity contribution in [3.05, 3.63) is 88.7 Å². The van der Waals surface area contributed by atoms with Crippen LogP contribution in [0.15, 0.2) is 60.7 Å². The predicted molar refractivity (Wildman–Crippen MR) is 111 cm³/mol. The van der Waals surface area contributed by atoms with Crippen LogP contribution in [0.2, 0.25) is 0 Å². The largest absolute Gasteiger partial charge is 0.452 e. The molecular weight excluding hydrogens is 364 g/mol. The van der Waals surface area contributed by atoms with Gasteiger partial charge in [-0.3, -0.25) is 4.79 Å². The standard InChI is InChI=1S/C24H24N2O3/c1-17-14-22(18(2)26(17)21-10-4-3-5-11-21)24(28)29-16-23(27)25-13-12-19-8-6-7-9-20(19)15-25/h3-11,14H,12-13,15-16H2,1-2H3. The zero-order chi connectivity index (χ0) is 20.4. The summed E-state index contributed by atoms with van der Waals surface area (Å²) >= 11 is 0. The fourth-order valence-electron chi connectivity index (χ4n) is 3.95. The number of hydrogen-bond donors (Lipinski definition) is 0. The third-order valence-electron chi connectivity index (χ3n) is 5.48. The van der Waals surface area contributed by atoms with E-state index in [4.69, 9.17) is 4.74 Å². The number of carbonyl (C=O) groups excluding carboxylic acids is 2. The van der Waals surface area contributed by atoms with Crippen LogP contribution >= 0.6 is 0 Å². The Morgan fingerprint density at radius 3 is 2.41 bits per heavy atom.